The molecule has 0 spiro atoms. The Morgan fingerprint density at radius 2 is 1.67 bits per heavy atom. The van der Waals surface area contributed by atoms with Gasteiger partial charge in [0.05, 0.1) is 17.2 Å². The molecular weight excluding hydrogens is 538 g/mol. The fraction of sp³-hybridized carbons (Fsp3) is 0.310. The standard InChI is InChI=1S/C29H34ClN3O5S/c1-5-31-29(35)22(4)32(19-23-8-7-9-24(30)18-23)28(34)20-33(25-12-14-26(15-13-25)38-6-2)39(36,37)27-16-10-21(3)11-17-27/h7-18,22H,5-6,19-20H2,1-4H3,(H,31,35)/t22-/m1/s1. The molecule has 39 heavy (non-hydrogen) atoms. The van der Waals surface area contributed by atoms with Crippen LogP contribution in [0.25, 0.3) is 0 Å². The Kier molecular flexibility index (Phi) is 10.4. The van der Waals surface area contributed by atoms with Crippen molar-refractivity contribution < 1.29 is 22.7 Å². The number of amides is 2. The molecule has 0 aromatic heterocycles. The van der Waals surface area contributed by atoms with Gasteiger partial charge in [-0.05, 0) is 81.8 Å². The van der Waals surface area contributed by atoms with Gasteiger partial charge in [0.25, 0.3) is 10.0 Å². The molecule has 0 unspecified atom stereocenters. The number of anilines is 1. The number of carbonyl (C=O) groups excluding carboxylic acids is 2. The maximum atomic E-state index is 13.9. The lowest BCUT2D eigenvalue weighted by atomic mass is 10.1. The Morgan fingerprint density at radius 1 is 1.00 bits per heavy atom. The fourth-order valence-electron chi connectivity index (χ4n) is 3.98. The SMILES string of the molecule is CCNC(=O)[C@@H](C)N(Cc1cccc(Cl)c1)C(=O)CN(c1ccc(OCC)cc1)S(=O)(=O)c1ccc(C)cc1. The number of benzene rings is 3. The molecule has 0 fully saturated rings. The van der Waals surface area contributed by atoms with E-state index in [1.165, 1.54) is 17.0 Å². The van der Waals surface area contributed by atoms with Crippen LogP contribution in [-0.2, 0) is 26.2 Å². The lowest BCUT2D eigenvalue weighted by Gasteiger charge is -2.32. The Balaban J connectivity index is 2.03. The molecule has 208 valence electrons. The zero-order chi connectivity index (χ0) is 28.6. The van der Waals surface area contributed by atoms with Crippen molar-refractivity contribution in [3.8, 4) is 5.75 Å². The number of halogens is 1. The lowest BCUT2D eigenvalue weighted by molar-refractivity contribution is -0.139. The van der Waals surface area contributed by atoms with Crippen molar-refractivity contribution in [2.24, 2.45) is 0 Å². The Hall–Kier alpha value is -3.56. The summed E-state index contributed by atoms with van der Waals surface area (Å²) < 4.78 is 34.3. The molecule has 0 radical (unpaired) electrons. The van der Waals surface area contributed by atoms with Gasteiger partial charge >= 0.3 is 0 Å². The van der Waals surface area contributed by atoms with Gasteiger partial charge in [-0.25, -0.2) is 8.42 Å². The highest BCUT2D eigenvalue weighted by molar-refractivity contribution is 7.92. The summed E-state index contributed by atoms with van der Waals surface area (Å²) in [5, 5.41) is 3.23. The van der Waals surface area contributed by atoms with E-state index in [1.54, 1.807) is 74.5 Å². The first-order chi connectivity index (χ1) is 18.6. The number of carbonyl (C=O) groups is 2. The van der Waals surface area contributed by atoms with Crippen LogP contribution in [0.3, 0.4) is 0 Å². The topological polar surface area (TPSA) is 96.0 Å². The first kappa shape index (κ1) is 30.0. The third-order valence-corrected chi connectivity index (χ3v) is 8.11. The predicted octanol–water partition coefficient (Wildman–Crippen LogP) is 4.80. The number of rotatable bonds is 12. The molecule has 1 atom stereocenters. The summed E-state index contributed by atoms with van der Waals surface area (Å²) in [6.07, 6.45) is 0. The van der Waals surface area contributed by atoms with Crippen molar-refractivity contribution in [1.29, 1.82) is 0 Å². The molecule has 2 amide bonds. The van der Waals surface area contributed by atoms with Gasteiger partial charge in [0.15, 0.2) is 0 Å². The molecule has 0 heterocycles. The molecule has 0 aliphatic heterocycles. The van der Waals surface area contributed by atoms with Gasteiger partial charge in [-0.1, -0.05) is 41.4 Å². The highest BCUT2D eigenvalue weighted by Gasteiger charge is 2.32. The molecule has 3 aromatic rings. The Bertz CT molecular complexity index is 1380. The molecule has 0 aliphatic carbocycles. The van der Waals surface area contributed by atoms with Crippen molar-refractivity contribution >= 4 is 39.1 Å². The van der Waals surface area contributed by atoms with Crippen LogP contribution in [0.1, 0.15) is 31.9 Å². The monoisotopic (exact) mass is 571 g/mol. The van der Waals surface area contributed by atoms with Crippen molar-refractivity contribution in [1.82, 2.24) is 10.2 Å². The average molecular weight is 572 g/mol. The molecule has 10 heteroatoms. The van der Waals surface area contributed by atoms with Crippen LogP contribution in [-0.4, -0.2) is 50.9 Å². The number of ether oxygens (including phenoxy) is 1. The second-order valence-corrected chi connectivity index (χ2v) is 11.3. The minimum absolute atomic E-state index is 0.0490. The largest absolute Gasteiger partial charge is 0.494 e. The number of sulfonamides is 1. The zero-order valence-corrected chi connectivity index (χ0v) is 24.1. The number of nitrogens with one attached hydrogen (secondary N) is 1. The first-order valence-corrected chi connectivity index (χ1v) is 14.5. The van der Waals surface area contributed by atoms with Crippen LogP contribution in [0.15, 0.2) is 77.7 Å². The van der Waals surface area contributed by atoms with E-state index in [9.17, 15) is 18.0 Å². The van der Waals surface area contributed by atoms with Crippen LogP contribution in [0, 0.1) is 6.92 Å². The van der Waals surface area contributed by atoms with Crippen molar-refractivity contribution in [3.05, 3.63) is 88.9 Å². The summed E-state index contributed by atoms with van der Waals surface area (Å²) in [5.74, 6) is -0.312. The van der Waals surface area contributed by atoms with Gasteiger partial charge in [-0.3, -0.25) is 13.9 Å². The van der Waals surface area contributed by atoms with E-state index in [2.05, 4.69) is 5.32 Å². The normalized spacial score (nSPS) is 11.9. The Morgan fingerprint density at radius 3 is 2.26 bits per heavy atom. The van der Waals surface area contributed by atoms with Gasteiger partial charge in [-0.15, -0.1) is 0 Å². The minimum Gasteiger partial charge on any atom is -0.494 e. The van der Waals surface area contributed by atoms with Gasteiger partial charge in [0, 0.05) is 18.1 Å². The molecule has 8 nitrogen and oxygen atoms in total. The molecule has 0 bridgehead atoms. The fourth-order valence-corrected chi connectivity index (χ4v) is 5.61. The van der Waals surface area contributed by atoms with Gasteiger partial charge in [-0.2, -0.15) is 0 Å². The van der Waals surface area contributed by atoms with Crippen molar-refractivity contribution in [3.63, 3.8) is 0 Å². The van der Waals surface area contributed by atoms with Crippen LogP contribution in [0.4, 0.5) is 5.69 Å². The van der Waals surface area contributed by atoms with Crippen molar-refractivity contribution in [2.75, 3.05) is 24.0 Å². The number of aryl methyl sites for hydroxylation is 1. The summed E-state index contributed by atoms with van der Waals surface area (Å²) in [4.78, 5) is 28.0. The molecular formula is C29H34ClN3O5S. The molecule has 3 rings (SSSR count). The van der Waals surface area contributed by atoms with Crippen LogP contribution in [0.2, 0.25) is 5.02 Å². The van der Waals surface area contributed by atoms with Gasteiger partial charge in [0.1, 0.15) is 18.3 Å². The van der Waals surface area contributed by atoms with E-state index in [0.29, 0.717) is 35.2 Å². The smallest absolute Gasteiger partial charge is 0.264 e. The van der Waals surface area contributed by atoms with E-state index in [4.69, 9.17) is 16.3 Å². The zero-order valence-electron chi connectivity index (χ0n) is 22.6. The van der Waals surface area contributed by atoms with Gasteiger partial charge in [0.2, 0.25) is 11.8 Å². The summed E-state index contributed by atoms with van der Waals surface area (Å²) in [5.41, 5.74) is 1.91. The second-order valence-electron chi connectivity index (χ2n) is 8.97. The van der Waals surface area contributed by atoms with Crippen LogP contribution < -0.4 is 14.4 Å². The van der Waals surface area contributed by atoms with E-state index in [0.717, 1.165) is 9.87 Å². The van der Waals surface area contributed by atoms with E-state index in [1.807, 2.05) is 13.8 Å². The summed E-state index contributed by atoms with van der Waals surface area (Å²) in [6.45, 7) is 7.51. The molecule has 0 saturated heterocycles. The third kappa shape index (κ3) is 7.74. The number of likely N-dealkylation sites (N-methyl/N-ethyl adjacent to an activating group) is 1. The average Bonchev–Trinajstić information content (AvgIpc) is 2.91. The number of hydrogen-bond acceptors (Lipinski definition) is 5. The number of hydrogen-bond donors (Lipinski definition) is 1. The Labute approximate surface area is 235 Å². The molecule has 3 aromatic carbocycles. The lowest BCUT2D eigenvalue weighted by Crippen LogP contribution is -2.51. The minimum atomic E-state index is -4.14. The third-order valence-electron chi connectivity index (χ3n) is 6.08. The van der Waals surface area contributed by atoms with E-state index >= 15 is 0 Å². The highest BCUT2D eigenvalue weighted by Crippen LogP contribution is 2.27. The van der Waals surface area contributed by atoms with Crippen LogP contribution in [0.5, 0.6) is 5.75 Å². The molecule has 0 saturated carbocycles. The van der Waals surface area contributed by atoms with E-state index in [-0.39, 0.29) is 17.3 Å². The van der Waals surface area contributed by atoms with Crippen molar-refractivity contribution in [2.45, 2.75) is 45.2 Å². The molecule has 1 N–H and O–H groups in total. The second kappa shape index (κ2) is 13.5. The first-order valence-electron chi connectivity index (χ1n) is 12.7. The maximum absolute atomic E-state index is 13.9. The summed E-state index contributed by atoms with van der Waals surface area (Å²) in [6, 6.07) is 19.0. The maximum Gasteiger partial charge on any atom is 0.264 e. The van der Waals surface area contributed by atoms with Gasteiger partial charge < -0.3 is 15.0 Å². The number of nitrogens with zero attached hydrogens (tertiary/aromatic N) is 2. The highest BCUT2D eigenvalue weighted by atomic mass is 35.5. The summed E-state index contributed by atoms with van der Waals surface area (Å²) >= 11 is 6.16. The van der Waals surface area contributed by atoms with Crippen LogP contribution >= 0.6 is 11.6 Å². The predicted molar refractivity (Wildman–Crippen MR) is 153 cm³/mol. The summed E-state index contributed by atoms with van der Waals surface area (Å²) in [7, 11) is -4.14. The van der Waals surface area contributed by atoms with E-state index < -0.39 is 28.5 Å². The quantitative estimate of drug-likeness (QED) is 0.337. The molecule has 0 aliphatic rings.